The van der Waals surface area contributed by atoms with Gasteiger partial charge in [-0.1, -0.05) is 25.4 Å². The van der Waals surface area contributed by atoms with Gasteiger partial charge in [0.2, 0.25) is 0 Å². The van der Waals surface area contributed by atoms with Gasteiger partial charge < -0.3 is 0 Å². The van der Waals surface area contributed by atoms with Crippen molar-refractivity contribution in [3.8, 4) is 0 Å². The molecule has 0 aliphatic carbocycles. The monoisotopic (exact) mass is 277 g/mol. The lowest BCUT2D eigenvalue weighted by Gasteiger charge is -2.15. The molecule has 0 aliphatic heterocycles. The maximum absolute atomic E-state index is 11.7. The fourth-order valence-corrected chi connectivity index (χ4v) is 1.90. The molecular formula is C10H16ClN3O2S. The van der Waals surface area contributed by atoms with Crippen molar-refractivity contribution in [2.75, 3.05) is 18.8 Å². The number of aromatic nitrogens is 1. The van der Waals surface area contributed by atoms with Gasteiger partial charge in [-0.05, 0) is 17.5 Å². The summed E-state index contributed by atoms with van der Waals surface area (Å²) >= 11 is 5.86. The summed E-state index contributed by atoms with van der Waals surface area (Å²) in [6.45, 7) is 3.99. The Morgan fingerprint density at radius 2 is 2.00 bits per heavy atom. The molecule has 1 heterocycles. The van der Waals surface area contributed by atoms with Gasteiger partial charge >= 0.3 is 10.2 Å². The van der Waals surface area contributed by atoms with Crippen molar-refractivity contribution < 1.29 is 8.42 Å². The van der Waals surface area contributed by atoms with Crippen LogP contribution in [0, 0.1) is 0 Å². The first kappa shape index (κ1) is 14.2. The van der Waals surface area contributed by atoms with Crippen molar-refractivity contribution >= 4 is 27.5 Å². The molecule has 0 fully saturated rings. The average Bonchev–Trinajstić information content (AvgIpc) is 2.20. The molecule has 0 atom stereocenters. The number of nitrogens with one attached hydrogen (secondary N) is 1. The molecular weight excluding hydrogens is 262 g/mol. The Morgan fingerprint density at radius 1 is 1.41 bits per heavy atom. The van der Waals surface area contributed by atoms with Crippen LogP contribution in [-0.2, 0) is 10.2 Å². The summed E-state index contributed by atoms with van der Waals surface area (Å²) in [6.07, 6.45) is 1.64. The molecule has 1 N–H and O–H groups in total. The first-order valence-electron chi connectivity index (χ1n) is 5.09. The Labute approximate surface area is 107 Å². The number of anilines is 1. The zero-order valence-electron chi connectivity index (χ0n) is 10.2. The highest BCUT2D eigenvalue weighted by Gasteiger charge is 2.16. The topological polar surface area (TPSA) is 62.3 Å². The van der Waals surface area contributed by atoms with E-state index in [1.54, 1.807) is 12.3 Å². The fraction of sp³-hybridized carbons (Fsp3) is 0.500. The molecule has 1 aromatic rings. The van der Waals surface area contributed by atoms with Crippen molar-refractivity contribution in [3.05, 3.63) is 23.0 Å². The minimum atomic E-state index is -3.56. The molecule has 0 radical (unpaired) electrons. The van der Waals surface area contributed by atoms with E-state index in [1.165, 1.54) is 14.1 Å². The van der Waals surface area contributed by atoms with Crippen molar-refractivity contribution in [1.29, 1.82) is 0 Å². The fourth-order valence-electron chi connectivity index (χ4n) is 1.08. The van der Waals surface area contributed by atoms with Gasteiger partial charge in [-0.2, -0.15) is 12.7 Å². The van der Waals surface area contributed by atoms with E-state index in [0.717, 1.165) is 9.87 Å². The van der Waals surface area contributed by atoms with Crippen LogP contribution in [0.4, 0.5) is 5.69 Å². The summed E-state index contributed by atoms with van der Waals surface area (Å²) in [7, 11) is -0.676. The largest absolute Gasteiger partial charge is 0.301 e. The number of hydrogen-bond donors (Lipinski definition) is 1. The van der Waals surface area contributed by atoms with E-state index in [9.17, 15) is 8.42 Å². The van der Waals surface area contributed by atoms with Gasteiger partial charge in [-0.3, -0.25) is 4.72 Å². The van der Waals surface area contributed by atoms with Crippen LogP contribution in [0.25, 0.3) is 0 Å². The number of pyridine rings is 1. The first-order valence-corrected chi connectivity index (χ1v) is 6.91. The lowest BCUT2D eigenvalue weighted by atomic mass is 10.1. The molecule has 5 nitrogen and oxygen atoms in total. The van der Waals surface area contributed by atoms with Gasteiger partial charge in [0.15, 0.2) is 5.15 Å². The third-order valence-corrected chi connectivity index (χ3v) is 3.99. The molecule has 7 heteroatoms. The van der Waals surface area contributed by atoms with Crippen LogP contribution >= 0.6 is 11.6 Å². The quantitative estimate of drug-likeness (QED) is 0.857. The second kappa shape index (κ2) is 5.20. The van der Waals surface area contributed by atoms with E-state index in [0.29, 0.717) is 5.69 Å². The zero-order valence-corrected chi connectivity index (χ0v) is 11.8. The molecule has 0 unspecified atom stereocenters. The highest BCUT2D eigenvalue weighted by atomic mass is 35.5. The summed E-state index contributed by atoms with van der Waals surface area (Å²) < 4.78 is 26.8. The predicted molar refractivity (Wildman–Crippen MR) is 69.6 cm³/mol. The second-order valence-electron chi connectivity index (χ2n) is 4.15. The standard InChI is InChI=1S/C10H16ClN3O2S/c1-7(2)8-5-9(10(11)12-6-8)13-17(15,16)14(3)4/h5-7,13H,1-4H3. The minimum Gasteiger partial charge on any atom is -0.268 e. The molecule has 0 aromatic carbocycles. The summed E-state index contributed by atoms with van der Waals surface area (Å²) in [5.74, 6) is 0.252. The highest BCUT2D eigenvalue weighted by molar-refractivity contribution is 7.90. The molecule has 1 aromatic heterocycles. The SMILES string of the molecule is CC(C)c1cnc(Cl)c(NS(=O)(=O)N(C)C)c1. The van der Waals surface area contributed by atoms with Crippen molar-refractivity contribution in [1.82, 2.24) is 9.29 Å². The maximum atomic E-state index is 11.7. The van der Waals surface area contributed by atoms with Crippen LogP contribution in [0.1, 0.15) is 25.3 Å². The van der Waals surface area contributed by atoms with Crippen molar-refractivity contribution in [2.45, 2.75) is 19.8 Å². The number of hydrogen-bond acceptors (Lipinski definition) is 3. The third kappa shape index (κ3) is 3.55. The molecule has 17 heavy (non-hydrogen) atoms. The molecule has 0 saturated heterocycles. The van der Waals surface area contributed by atoms with Crippen LogP contribution in [0.3, 0.4) is 0 Å². The molecule has 0 amide bonds. The van der Waals surface area contributed by atoms with E-state index in [4.69, 9.17) is 11.6 Å². The molecule has 0 spiro atoms. The smallest absolute Gasteiger partial charge is 0.268 e. The van der Waals surface area contributed by atoms with Gasteiger partial charge in [-0.15, -0.1) is 0 Å². The Morgan fingerprint density at radius 3 is 2.47 bits per heavy atom. The number of nitrogens with zero attached hydrogens (tertiary/aromatic N) is 2. The van der Waals surface area contributed by atoms with Crippen LogP contribution in [0.5, 0.6) is 0 Å². The van der Waals surface area contributed by atoms with Crippen LogP contribution in [-0.4, -0.2) is 31.8 Å². The van der Waals surface area contributed by atoms with Gasteiger partial charge in [0.25, 0.3) is 0 Å². The maximum Gasteiger partial charge on any atom is 0.301 e. The third-order valence-electron chi connectivity index (χ3n) is 2.25. The van der Waals surface area contributed by atoms with E-state index < -0.39 is 10.2 Å². The Hall–Kier alpha value is -0.850. The second-order valence-corrected chi connectivity index (χ2v) is 6.39. The Balaban J connectivity index is 3.10. The van der Waals surface area contributed by atoms with Crippen LogP contribution < -0.4 is 4.72 Å². The molecule has 1 rings (SSSR count). The van der Waals surface area contributed by atoms with Gasteiger partial charge in [-0.25, -0.2) is 4.98 Å². The van der Waals surface area contributed by atoms with Gasteiger partial charge in [0.1, 0.15) is 0 Å². The highest BCUT2D eigenvalue weighted by Crippen LogP contribution is 2.25. The Bertz CT molecular complexity index is 500. The minimum absolute atomic E-state index is 0.139. The van der Waals surface area contributed by atoms with E-state index in [2.05, 4.69) is 9.71 Å². The number of halogens is 1. The molecule has 96 valence electrons. The summed E-state index contributed by atoms with van der Waals surface area (Å²) in [5, 5.41) is 0.139. The Kier molecular flexibility index (Phi) is 4.35. The summed E-state index contributed by atoms with van der Waals surface area (Å²) in [5.41, 5.74) is 1.22. The normalized spacial score (nSPS) is 12.2. The van der Waals surface area contributed by atoms with Crippen LogP contribution in [0.15, 0.2) is 12.3 Å². The summed E-state index contributed by atoms with van der Waals surface area (Å²) in [6, 6.07) is 1.70. The molecule has 0 bridgehead atoms. The summed E-state index contributed by atoms with van der Waals surface area (Å²) in [4.78, 5) is 3.96. The lowest BCUT2D eigenvalue weighted by Crippen LogP contribution is -2.29. The van der Waals surface area contributed by atoms with Gasteiger partial charge in [0, 0.05) is 20.3 Å². The predicted octanol–water partition coefficient (Wildman–Crippen LogP) is 2.08. The van der Waals surface area contributed by atoms with Crippen LogP contribution in [0.2, 0.25) is 5.15 Å². The van der Waals surface area contributed by atoms with Crippen molar-refractivity contribution in [2.24, 2.45) is 0 Å². The van der Waals surface area contributed by atoms with Gasteiger partial charge in [0.05, 0.1) is 5.69 Å². The zero-order chi connectivity index (χ0) is 13.2. The van der Waals surface area contributed by atoms with E-state index in [-0.39, 0.29) is 11.1 Å². The molecule has 0 saturated carbocycles. The molecule has 0 aliphatic rings. The van der Waals surface area contributed by atoms with Crippen molar-refractivity contribution in [3.63, 3.8) is 0 Å². The van der Waals surface area contributed by atoms with E-state index >= 15 is 0 Å². The lowest BCUT2D eigenvalue weighted by molar-refractivity contribution is 0.527. The first-order chi connectivity index (χ1) is 7.74. The average molecular weight is 278 g/mol. The number of rotatable bonds is 4. The van der Waals surface area contributed by atoms with E-state index in [1.807, 2.05) is 13.8 Å².